The van der Waals surface area contributed by atoms with Gasteiger partial charge >= 0.3 is 0 Å². The van der Waals surface area contributed by atoms with Crippen LogP contribution in [-0.4, -0.2) is 34.3 Å². The average Bonchev–Trinajstić information content (AvgIpc) is 3.29. The summed E-state index contributed by atoms with van der Waals surface area (Å²) in [6, 6.07) is 24.7. The minimum atomic E-state index is -0.335. The summed E-state index contributed by atoms with van der Waals surface area (Å²) in [5.74, 6) is 1.07. The van der Waals surface area contributed by atoms with Gasteiger partial charge in [0.25, 0.3) is 5.91 Å². The fourth-order valence-electron chi connectivity index (χ4n) is 4.17. The Hall–Kier alpha value is -4.10. The molecule has 1 fully saturated rings. The molecule has 3 aromatic rings. The van der Waals surface area contributed by atoms with Gasteiger partial charge in [-0.2, -0.15) is 0 Å². The summed E-state index contributed by atoms with van der Waals surface area (Å²) in [6.07, 6.45) is 4.12. The second-order valence-electron chi connectivity index (χ2n) is 8.50. The summed E-state index contributed by atoms with van der Waals surface area (Å²) in [6.45, 7) is 2.01. The van der Waals surface area contributed by atoms with Crippen molar-refractivity contribution < 1.29 is 14.3 Å². The van der Waals surface area contributed by atoms with Crippen LogP contribution in [0.3, 0.4) is 0 Å². The number of para-hydroxylation sites is 1. The molecule has 7 heteroatoms. The SMILES string of the molecule is Cc1ccc(C2CC3C(=O)N(CC(=O)Nc4ccc(Oc5ccccc5)cc4)C=CN3N2)cc1. The molecule has 2 unspecified atom stereocenters. The first kappa shape index (κ1) is 21.7. The first-order valence-electron chi connectivity index (χ1n) is 11.3. The van der Waals surface area contributed by atoms with E-state index in [9.17, 15) is 9.59 Å². The van der Waals surface area contributed by atoms with Crippen LogP contribution in [0.1, 0.15) is 23.6 Å². The highest BCUT2D eigenvalue weighted by Crippen LogP contribution is 2.31. The van der Waals surface area contributed by atoms with Crippen molar-refractivity contribution in [3.05, 3.63) is 102 Å². The summed E-state index contributed by atoms with van der Waals surface area (Å²) >= 11 is 0. The van der Waals surface area contributed by atoms with Crippen LogP contribution in [0.5, 0.6) is 11.5 Å². The van der Waals surface area contributed by atoms with Crippen LogP contribution in [0.15, 0.2) is 91.3 Å². The number of hydrogen-bond donors (Lipinski definition) is 2. The zero-order valence-corrected chi connectivity index (χ0v) is 18.8. The van der Waals surface area contributed by atoms with E-state index in [1.165, 1.54) is 10.5 Å². The molecule has 0 spiro atoms. The Morgan fingerprint density at radius 2 is 1.68 bits per heavy atom. The molecule has 0 saturated carbocycles. The van der Waals surface area contributed by atoms with Crippen molar-refractivity contribution in [2.45, 2.75) is 25.4 Å². The molecule has 2 aliphatic heterocycles. The molecule has 3 aromatic carbocycles. The third-order valence-electron chi connectivity index (χ3n) is 5.99. The highest BCUT2D eigenvalue weighted by molar-refractivity contribution is 5.96. The first-order chi connectivity index (χ1) is 16.5. The zero-order valence-electron chi connectivity index (χ0n) is 18.8. The van der Waals surface area contributed by atoms with E-state index >= 15 is 0 Å². The normalized spacial score (nSPS) is 19.1. The highest BCUT2D eigenvalue weighted by Gasteiger charge is 2.40. The number of aryl methyl sites for hydroxylation is 1. The second-order valence-corrected chi connectivity index (χ2v) is 8.50. The van der Waals surface area contributed by atoms with Crippen molar-refractivity contribution in [2.24, 2.45) is 0 Å². The lowest BCUT2D eigenvalue weighted by atomic mass is 10.00. The molecule has 7 nitrogen and oxygen atoms in total. The number of nitrogens with one attached hydrogen (secondary N) is 2. The van der Waals surface area contributed by atoms with Gasteiger partial charge in [0.1, 0.15) is 24.1 Å². The molecule has 2 atom stereocenters. The van der Waals surface area contributed by atoms with E-state index in [0.717, 1.165) is 11.3 Å². The van der Waals surface area contributed by atoms with Crippen molar-refractivity contribution in [3.63, 3.8) is 0 Å². The van der Waals surface area contributed by atoms with Crippen LogP contribution in [-0.2, 0) is 9.59 Å². The molecule has 1 saturated heterocycles. The molecule has 2 N–H and O–H groups in total. The predicted octanol–water partition coefficient (Wildman–Crippen LogP) is 4.36. The number of amides is 2. The van der Waals surface area contributed by atoms with E-state index < -0.39 is 0 Å². The lowest BCUT2D eigenvalue weighted by Crippen LogP contribution is -2.49. The minimum Gasteiger partial charge on any atom is -0.457 e. The lowest BCUT2D eigenvalue weighted by molar-refractivity contribution is -0.137. The summed E-state index contributed by atoms with van der Waals surface area (Å²) in [7, 11) is 0. The Balaban J connectivity index is 1.16. The molecule has 172 valence electrons. The van der Waals surface area contributed by atoms with Gasteiger partial charge in [0.05, 0.1) is 6.04 Å². The molecule has 0 bridgehead atoms. The molecule has 0 aliphatic carbocycles. The van der Waals surface area contributed by atoms with Crippen LogP contribution in [0.25, 0.3) is 0 Å². The van der Waals surface area contributed by atoms with Crippen LogP contribution < -0.4 is 15.5 Å². The van der Waals surface area contributed by atoms with E-state index in [4.69, 9.17) is 4.74 Å². The standard InChI is InChI=1S/C27H26N4O3/c1-19-7-9-20(10-8-19)24-17-25-27(33)30(15-16-31(25)29-24)18-26(32)28-21-11-13-23(14-12-21)34-22-5-3-2-4-6-22/h2-16,24-25,29H,17-18H2,1H3,(H,28,32). The Labute approximate surface area is 198 Å². The lowest BCUT2D eigenvalue weighted by Gasteiger charge is -2.31. The highest BCUT2D eigenvalue weighted by atomic mass is 16.5. The van der Waals surface area contributed by atoms with Crippen molar-refractivity contribution >= 4 is 17.5 Å². The number of carbonyl (C=O) groups excluding carboxylic acids is 2. The number of ether oxygens (including phenoxy) is 1. The van der Waals surface area contributed by atoms with E-state index in [-0.39, 0.29) is 30.4 Å². The molecule has 0 aromatic heterocycles. The largest absolute Gasteiger partial charge is 0.457 e. The molecule has 2 amide bonds. The van der Waals surface area contributed by atoms with Gasteiger partial charge < -0.3 is 20.0 Å². The topological polar surface area (TPSA) is 73.9 Å². The number of benzene rings is 3. The first-order valence-corrected chi connectivity index (χ1v) is 11.3. The van der Waals surface area contributed by atoms with Gasteiger partial charge in [-0.3, -0.25) is 9.59 Å². The summed E-state index contributed by atoms with van der Waals surface area (Å²) in [5.41, 5.74) is 6.37. The molecule has 2 heterocycles. The maximum atomic E-state index is 13.0. The van der Waals surface area contributed by atoms with E-state index in [1.54, 1.807) is 30.5 Å². The van der Waals surface area contributed by atoms with Crippen molar-refractivity contribution in [1.29, 1.82) is 0 Å². The Morgan fingerprint density at radius 3 is 2.41 bits per heavy atom. The average molecular weight is 455 g/mol. The van der Waals surface area contributed by atoms with Gasteiger partial charge in [0.2, 0.25) is 5.91 Å². The molecule has 0 radical (unpaired) electrons. The Morgan fingerprint density at radius 1 is 0.971 bits per heavy atom. The van der Waals surface area contributed by atoms with Crippen LogP contribution >= 0.6 is 0 Å². The summed E-state index contributed by atoms with van der Waals surface area (Å²) in [4.78, 5) is 27.1. The fourth-order valence-corrected chi connectivity index (χ4v) is 4.17. The Bertz CT molecular complexity index is 1190. The maximum Gasteiger partial charge on any atom is 0.251 e. The van der Waals surface area contributed by atoms with Crippen molar-refractivity contribution in [2.75, 3.05) is 11.9 Å². The van der Waals surface area contributed by atoms with Gasteiger partial charge in [-0.1, -0.05) is 48.0 Å². The van der Waals surface area contributed by atoms with Crippen molar-refractivity contribution in [3.8, 4) is 11.5 Å². The minimum absolute atomic E-state index is 0.0445. The van der Waals surface area contributed by atoms with Gasteiger partial charge in [0.15, 0.2) is 0 Å². The number of fused-ring (bicyclic) bond motifs is 1. The number of hydrazine groups is 1. The van der Waals surface area contributed by atoms with E-state index in [0.29, 0.717) is 17.9 Å². The quantitative estimate of drug-likeness (QED) is 0.579. The van der Waals surface area contributed by atoms with Gasteiger partial charge in [-0.15, -0.1) is 0 Å². The second kappa shape index (κ2) is 9.41. The molecular weight excluding hydrogens is 428 g/mol. The number of hydrogen-bond acceptors (Lipinski definition) is 5. The van der Waals surface area contributed by atoms with Crippen molar-refractivity contribution in [1.82, 2.24) is 15.3 Å². The smallest absolute Gasteiger partial charge is 0.251 e. The van der Waals surface area contributed by atoms with Crippen LogP contribution in [0, 0.1) is 6.92 Å². The van der Waals surface area contributed by atoms with Crippen LogP contribution in [0.4, 0.5) is 5.69 Å². The summed E-state index contributed by atoms with van der Waals surface area (Å²) in [5, 5.41) is 4.69. The number of carbonyl (C=O) groups is 2. The third-order valence-corrected chi connectivity index (χ3v) is 5.99. The predicted molar refractivity (Wildman–Crippen MR) is 130 cm³/mol. The molecule has 5 rings (SSSR count). The summed E-state index contributed by atoms with van der Waals surface area (Å²) < 4.78 is 5.78. The maximum absolute atomic E-state index is 13.0. The monoisotopic (exact) mass is 454 g/mol. The zero-order chi connectivity index (χ0) is 23.5. The van der Waals surface area contributed by atoms with E-state index in [2.05, 4.69) is 41.9 Å². The Kier molecular flexibility index (Phi) is 6.01. The number of nitrogens with zero attached hydrogens (tertiary/aromatic N) is 2. The van der Waals surface area contributed by atoms with Crippen LogP contribution in [0.2, 0.25) is 0 Å². The van der Waals surface area contributed by atoms with Gasteiger partial charge in [0, 0.05) is 18.1 Å². The number of rotatable bonds is 6. The molecule has 34 heavy (non-hydrogen) atoms. The number of anilines is 1. The van der Waals surface area contributed by atoms with Gasteiger partial charge in [-0.05, 0) is 55.3 Å². The molecular formula is C27H26N4O3. The molecule has 2 aliphatic rings. The van der Waals surface area contributed by atoms with Gasteiger partial charge in [-0.25, -0.2) is 5.43 Å². The van der Waals surface area contributed by atoms with E-state index in [1.807, 2.05) is 41.5 Å². The third kappa shape index (κ3) is 4.79. The fraction of sp³-hybridized carbons (Fsp3) is 0.185.